The first kappa shape index (κ1) is 22.5. The topological polar surface area (TPSA) is 124 Å². The summed E-state index contributed by atoms with van der Waals surface area (Å²) in [5.74, 6) is 1.12. The minimum absolute atomic E-state index is 0.130. The van der Waals surface area contributed by atoms with Crippen LogP contribution in [0.5, 0.6) is 0 Å². The van der Waals surface area contributed by atoms with E-state index in [1.165, 1.54) is 6.33 Å². The fraction of sp³-hybridized carbons (Fsp3) is 0.333. The van der Waals surface area contributed by atoms with Gasteiger partial charge in [-0.2, -0.15) is 10.1 Å². The van der Waals surface area contributed by atoms with Crippen LogP contribution in [-0.4, -0.2) is 44.5 Å². The van der Waals surface area contributed by atoms with Gasteiger partial charge in [0.05, 0.1) is 5.41 Å². The minimum Gasteiger partial charge on any atom is -0.368 e. The average molecular weight is 473 g/mol. The van der Waals surface area contributed by atoms with E-state index in [0.29, 0.717) is 24.9 Å². The third-order valence-electron chi connectivity index (χ3n) is 6.35. The maximum atomic E-state index is 13.8. The van der Waals surface area contributed by atoms with Crippen molar-refractivity contribution >= 4 is 0 Å². The molecule has 0 amide bonds. The monoisotopic (exact) mass is 472 g/mol. The molecule has 11 heteroatoms. The van der Waals surface area contributed by atoms with Crippen LogP contribution in [0, 0.1) is 0 Å². The Balaban J connectivity index is 1.61. The smallest absolute Gasteiger partial charge is 0.335 e. The molecule has 180 valence electrons. The van der Waals surface area contributed by atoms with Crippen LogP contribution >= 0.6 is 0 Å². The average Bonchev–Trinajstić information content (AvgIpc) is 3.65. The molecular weight excluding hydrogens is 444 g/mol. The summed E-state index contributed by atoms with van der Waals surface area (Å²) in [6, 6.07) is 8.06. The van der Waals surface area contributed by atoms with Gasteiger partial charge in [0.15, 0.2) is 5.82 Å². The first-order valence-electron chi connectivity index (χ1n) is 11.8. The van der Waals surface area contributed by atoms with Crippen LogP contribution in [-0.2, 0) is 24.9 Å². The normalized spacial score (nSPS) is 14.3. The molecule has 4 aromatic rings. The number of aromatic nitrogens is 9. The van der Waals surface area contributed by atoms with E-state index in [-0.39, 0.29) is 5.69 Å². The second-order valence-corrected chi connectivity index (χ2v) is 8.54. The number of hydrogen-bond acceptors (Lipinski definition) is 7. The highest BCUT2D eigenvalue weighted by atomic mass is 16.2. The highest BCUT2D eigenvalue weighted by Crippen LogP contribution is 2.33. The third-order valence-corrected chi connectivity index (χ3v) is 6.35. The zero-order chi connectivity index (χ0) is 24.3. The summed E-state index contributed by atoms with van der Waals surface area (Å²) in [6.07, 6.45) is 14.2. The number of hydrogen-bond donors (Lipinski definition) is 2. The Kier molecular flexibility index (Phi) is 6.13. The predicted molar refractivity (Wildman–Crippen MR) is 131 cm³/mol. The number of aryl methyl sites for hydroxylation is 2. The maximum absolute atomic E-state index is 13.8. The van der Waals surface area contributed by atoms with E-state index < -0.39 is 5.41 Å². The number of imidazole rings is 1. The standard InChI is InChI=1S/C24H28N10O/c1-3-5-9-20-15-32(22-26-17-27-34(22)4-2)23(35)33(20)16-24(10-12-25-13-11-24)19-8-6-7-18(14-19)21-28-30-31-29-21/h6-8,10-15,17,25H,3-5,9,16H2,1-2H3,(H,28,29,30,31). The molecule has 4 heterocycles. The number of tetrazole rings is 1. The van der Waals surface area contributed by atoms with Gasteiger partial charge in [0.25, 0.3) is 0 Å². The second-order valence-electron chi connectivity index (χ2n) is 8.54. The van der Waals surface area contributed by atoms with Crippen LogP contribution in [0.2, 0.25) is 0 Å². The van der Waals surface area contributed by atoms with Gasteiger partial charge in [-0.1, -0.05) is 43.7 Å². The van der Waals surface area contributed by atoms with Crippen molar-refractivity contribution in [3.63, 3.8) is 0 Å². The van der Waals surface area contributed by atoms with Crippen molar-refractivity contribution in [1.82, 2.24) is 49.8 Å². The Morgan fingerprint density at radius 1 is 1.14 bits per heavy atom. The lowest BCUT2D eigenvalue weighted by molar-refractivity contribution is 0.494. The largest absolute Gasteiger partial charge is 0.368 e. The Morgan fingerprint density at radius 2 is 2.00 bits per heavy atom. The summed E-state index contributed by atoms with van der Waals surface area (Å²) in [7, 11) is 0. The number of nitrogens with zero attached hydrogens (tertiary/aromatic N) is 8. The number of unbranched alkanes of at least 4 members (excludes halogenated alkanes) is 1. The number of allylic oxidation sites excluding steroid dienone is 2. The SMILES string of the molecule is CCCCc1cn(-c2ncnn2CC)c(=O)n1CC1(c2cccc(-c3nnn[nH]3)c2)C=CNC=C1. The number of benzene rings is 1. The van der Waals surface area contributed by atoms with Crippen molar-refractivity contribution in [2.75, 3.05) is 0 Å². The van der Waals surface area contributed by atoms with Crippen molar-refractivity contribution in [3.8, 4) is 17.3 Å². The summed E-state index contributed by atoms with van der Waals surface area (Å²) in [6.45, 7) is 5.19. The molecule has 1 aliphatic rings. The van der Waals surface area contributed by atoms with E-state index in [1.54, 1.807) is 9.25 Å². The molecule has 0 saturated heterocycles. The van der Waals surface area contributed by atoms with Crippen molar-refractivity contribution in [3.05, 3.63) is 83.1 Å². The summed E-state index contributed by atoms with van der Waals surface area (Å²) in [5, 5.41) is 21.7. The lowest BCUT2D eigenvalue weighted by Gasteiger charge is -2.31. The van der Waals surface area contributed by atoms with Gasteiger partial charge >= 0.3 is 5.69 Å². The molecule has 0 atom stereocenters. The van der Waals surface area contributed by atoms with Gasteiger partial charge in [-0.3, -0.25) is 4.57 Å². The molecule has 35 heavy (non-hydrogen) atoms. The molecule has 0 bridgehead atoms. The Bertz CT molecular complexity index is 1390. The zero-order valence-electron chi connectivity index (χ0n) is 19.8. The predicted octanol–water partition coefficient (Wildman–Crippen LogP) is 2.34. The van der Waals surface area contributed by atoms with E-state index >= 15 is 0 Å². The van der Waals surface area contributed by atoms with Crippen molar-refractivity contribution < 1.29 is 0 Å². The molecule has 11 nitrogen and oxygen atoms in total. The summed E-state index contributed by atoms with van der Waals surface area (Å²) in [5.41, 5.74) is 2.19. The molecule has 5 rings (SSSR count). The molecule has 3 aromatic heterocycles. The number of rotatable bonds is 9. The summed E-state index contributed by atoms with van der Waals surface area (Å²) >= 11 is 0. The van der Waals surface area contributed by atoms with Gasteiger partial charge < -0.3 is 5.32 Å². The number of nitrogens with one attached hydrogen (secondary N) is 2. The molecule has 0 saturated carbocycles. The van der Waals surface area contributed by atoms with Crippen LogP contribution in [0.3, 0.4) is 0 Å². The number of H-pyrrole nitrogens is 1. The zero-order valence-corrected chi connectivity index (χ0v) is 19.8. The van der Waals surface area contributed by atoms with Crippen molar-refractivity contribution in [1.29, 1.82) is 0 Å². The Hall–Kier alpha value is -4.28. The van der Waals surface area contributed by atoms with Gasteiger partial charge in [0.1, 0.15) is 6.33 Å². The van der Waals surface area contributed by atoms with E-state index in [4.69, 9.17) is 0 Å². The first-order valence-corrected chi connectivity index (χ1v) is 11.8. The molecule has 0 spiro atoms. The van der Waals surface area contributed by atoms with E-state index in [2.05, 4.69) is 67.2 Å². The van der Waals surface area contributed by atoms with Crippen LogP contribution in [0.1, 0.15) is 37.9 Å². The van der Waals surface area contributed by atoms with Crippen LogP contribution in [0.15, 0.2) is 66.1 Å². The molecule has 0 aliphatic carbocycles. The molecule has 0 unspecified atom stereocenters. The molecule has 0 fully saturated rings. The molecule has 1 aromatic carbocycles. The molecule has 2 N–H and O–H groups in total. The van der Waals surface area contributed by atoms with E-state index in [1.807, 2.05) is 42.2 Å². The van der Waals surface area contributed by atoms with Crippen molar-refractivity contribution in [2.24, 2.45) is 0 Å². The Morgan fingerprint density at radius 3 is 2.74 bits per heavy atom. The lowest BCUT2D eigenvalue weighted by Crippen LogP contribution is -2.36. The second kappa shape index (κ2) is 9.53. The van der Waals surface area contributed by atoms with Crippen LogP contribution in [0.25, 0.3) is 17.3 Å². The number of aromatic amines is 1. The Labute approximate surface area is 202 Å². The van der Waals surface area contributed by atoms with Gasteiger partial charge in [-0.25, -0.2) is 19.1 Å². The molecule has 1 aliphatic heterocycles. The number of dihydropyridines is 1. The van der Waals surface area contributed by atoms with Gasteiger partial charge in [-0.15, -0.1) is 5.10 Å². The van der Waals surface area contributed by atoms with Crippen molar-refractivity contribution in [2.45, 2.75) is 51.6 Å². The molecule has 0 radical (unpaired) electrons. The summed E-state index contributed by atoms with van der Waals surface area (Å²) < 4.78 is 5.21. The lowest BCUT2D eigenvalue weighted by atomic mass is 9.78. The van der Waals surface area contributed by atoms with Crippen LogP contribution in [0.4, 0.5) is 0 Å². The third kappa shape index (κ3) is 4.20. The van der Waals surface area contributed by atoms with E-state index in [0.717, 1.165) is 36.1 Å². The fourth-order valence-electron chi connectivity index (χ4n) is 4.46. The van der Waals surface area contributed by atoms with E-state index in [9.17, 15) is 4.79 Å². The minimum atomic E-state index is -0.551. The summed E-state index contributed by atoms with van der Waals surface area (Å²) in [4.78, 5) is 18.1. The maximum Gasteiger partial charge on any atom is 0.335 e. The first-order chi connectivity index (χ1) is 17.1. The van der Waals surface area contributed by atoms with Gasteiger partial charge in [0, 0.05) is 30.5 Å². The molecular formula is C24H28N10O. The van der Waals surface area contributed by atoms with Gasteiger partial charge in [0.2, 0.25) is 5.95 Å². The van der Waals surface area contributed by atoms with Crippen LogP contribution < -0.4 is 11.0 Å². The quantitative estimate of drug-likeness (QED) is 0.383. The fourth-order valence-corrected chi connectivity index (χ4v) is 4.46. The highest BCUT2D eigenvalue weighted by Gasteiger charge is 2.31. The van der Waals surface area contributed by atoms with Gasteiger partial charge in [-0.05, 0) is 54.2 Å². The highest BCUT2D eigenvalue weighted by molar-refractivity contribution is 5.57.